The van der Waals surface area contributed by atoms with E-state index >= 15 is 0 Å². The van der Waals surface area contributed by atoms with Crippen LogP contribution in [0.15, 0.2) is 29.2 Å². The van der Waals surface area contributed by atoms with Crippen molar-refractivity contribution in [1.82, 2.24) is 10.6 Å². The number of rotatable bonds is 10. The van der Waals surface area contributed by atoms with Gasteiger partial charge in [0.1, 0.15) is 5.75 Å². The van der Waals surface area contributed by atoms with Gasteiger partial charge in [-0.05, 0) is 43.5 Å². The third-order valence-corrected chi connectivity index (χ3v) is 5.84. The Labute approximate surface area is 167 Å². The van der Waals surface area contributed by atoms with E-state index in [1.807, 2.05) is 0 Å². The van der Waals surface area contributed by atoms with E-state index < -0.39 is 9.84 Å². The van der Waals surface area contributed by atoms with E-state index in [1.165, 1.54) is 31.4 Å². The molecular formula is C20H30N2O5S. The van der Waals surface area contributed by atoms with E-state index in [4.69, 9.17) is 4.74 Å². The molecule has 8 heteroatoms. The summed E-state index contributed by atoms with van der Waals surface area (Å²) in [5.41, 5.74) is 0. The predicted molar refractivity (Wildman–Crippen MR) is 107 cm³/mol. The number of hydrogen-bond donors (Lipinski definition) is 2. The molecule has 1 aliphatic carbocycles. The van der Waals surface area contributed by atoms with Crippen LogP contribution in [-0.4, -0.2) is 45.7 Å². The number of carbonyl (C=O) groups excluding carboxylic acids is 2. The van der Waals surface area contributed by atoms with Crippen molar-refractivity contribution >= 4 is 21.7 Å². The average molecular weight is 411 g/mol. The standard InChI is InChI=1S/C20H30N2O5S/c1-28(25,26)18-11-9-17(10-12-18)27-15-5-8-19(23)21-14-13-20(24)22-16-6-3-2-4-7-16/h9-12,16H,2-8,13-15H2,1H3,(H,21,23)(H,22,24). The summed E-state index contributed by atoms with van der Waals surface area (Å²) < 4.78 is 28.3. The summed E-state index contributed by atoms with van der Waals surface area (Å²) in [5.74, 6) is 0.446. The van der Waals surface area contributed by atoms with Crippen LogP contribution in [0.2, 0.25) is 0 Å². The fraction of sp³-hybridized carbons (Fsp3) is 0.600. The van der Waals surface area contributed by atoms with Crippen molar-refractivity contribution in [3.05, 3.63) is 24.3 Å². The number of benzene rings is 1. The molecule has 0 radical (unpaired) electrons. The van der Waals surface area contributed by atoms with Crippen LogP contribution in [0.1, 0.15) is 51.4 Å². The van der Waals surface area contributed by atoms with Gasteiger partial charge < -0.3 is 15.4 Å². The van der Waals surface area contributed by atoms with E-state index in [9.17, 15) is 18.0 Å². The van der Waals surface area contributed by atoms with Crippen molar-refractivity contribution in [2.45, 2.75) is 62.3 Å². The van der Waals surface area contributed by atoms with E-state index in [-0.39, 0.29) is 16.7 Å². The first-order chi connectivity index (χ1) is 13.3. The molecule has 0 saturated heterocycles. The molecule has 2 N–H and O–H groups in total. The van der Waals surface area contributed by atoms with Crippen LogP contribution < -0.4 is 15.4 Å². The zero-order valence-electron chi connectivity index (χ0n) is 16.4. The first-order valence-electron chi connectivity index (χ1n) is 9.83. The maximum atomic E-state index is 11.9. The molecule has 156 valence electrons. The van der Waals surface area contributed by atoms with Crippen LogP contribution in [0, 0.1) is 0 Å². The van der Waals surface area contributed by atoms with Gasteiger partial charge in [-0.2, -0.15) is 0 Å². The molecule has 0 aromatic heterocycles. The molecule has 1 saturated carbocycles. The van der Waals surface area contributed by atoms with Gasteiger partial charge in [-0.1, -0.05) is 19.3 Å². The number of ether oxygens (including phenoxy) is 1. The van der Waals surface area contributed by atoms with Crippen LogP contribution in [0.25, 0.3) is 0 Å². The van der Waals surface area contributed by atoms with E-state index in [2.05, 4.69) is 10.6 Å². The Morgan fingerprint density at radius 1 is 1.04 bits per heavy atom. The Balaban J connectivity index is 1.54. The van der Waals surface area contributed by atoms with Gasteiger partial charge in [-0.25, -0.2) is 8.42 Å². The maximum absolute atomic E-state index is 11.9. The molecule has 28 heavy (non-hydrogen) atoms. The van der Waals surface area contributed by atoms with Gasteiger partial charge in [0, 0.05) is 31.7 Å². The summed E-state index contributed by atoms with van der Waals surface area (Å²) in [4.78, 5) is 23.9. The van der Waals surface area contributed by atoms with Crippen molar-refractivity contribution in [3.63, 3.8) is 0 Å². The highest BCUT2D eigenvalue weighted by Gasteiger charge is 2.15. The van der Waals surface area contributed by atoms with Gasteiger partial charge in [0.25, 0.3) is 0 Å². The van der Waals surface area contributed by atoms with E-state index in [0.717, 1.165) is 19.1 Å². The zero-order valence-corrected chi connectivity index (χ0v) is 17.2. The lowest BCUT2D eigenvalue weighted by Crippen LogP contribution is -2.38. The molecule has 2 rings (SSSR count). The monoisotopic (exact) mass is 410 g/mol. The van der Waals surface area contributed by atoms with Crippen molar-refractivity contribution in [2.75, 3.05) is 19.4 Å². The Kier molecular flexibility index (Phi) is 8.76. The van der Waals surface area contributed by atoms with Crippen LogP contribution in [0.3, 0.4) is 0 Å². The minimum absolute atomic E-state index is 0.00641. The molecule has 0 heterocycles. The first-order valence-corrected chi connectivity index (χ1v) is 11.7. The number of hydrogen-bond acceptors (Lipinski definition) is 5. The second-order valence-corrected chi connectivity index (χ2v) is 9.21. The van der Waals surface area contributed by atoms with Gasteiger partial charge in [0.05, 0.1) is 11.5 Å². The quantitative estimate of drug-likeness (QED) is 0.576. The lowest BCUT2D eigenvalue weighted by atomic mass is 9.95. The number of amides is 2. The fourth-order valence-electron chi connectivity index (χ4n) is 3.16. The van der Waals surface area contributed by atoms with Crippen LogP contribution in [-0.2, 0) is 19.4 Å². The van der Waals surface area contributed by atoms with Gasteiger partial charge in [0.15, 0.2) is 9.84 Å². The molecule has 0 atom stereocenters. The highest BCUT2D eigenvalue weighted by molar-refractivity contribution is 7.90. The molecule has 7 nitrogen and oxygen atoms in total. The molecule has 0 spiro atoms. The average Bonchev–Trinajstić information content (AvgIpc) is 2.66. The van der Waals surface area contributed by atoms with Crippen molar-refractivity contribution < 1.29 is 22.7 Å². The molecule has 1 aromatic rings. The summed E-state index contributed by atoms with van der Waals surface area (Å²) in [5, 5.41) is 5.78. The summed E-state index contributed by atoms with van der Waals surface area (Å²) in [6.07, 6.45) is 7.99. The molecule has 1 aliphatic rings. The highest BCUT2D eigenvalue weighted by atomic mass is 32.2. The smallest absolute Gasteiger partial charge is 0.221 e. The second-order valence-electron chi connectivity index (χ2n) is 7.20. The summed E-state index contributed by atoms with van der Waals surface area (Å²) >= 11 is 0. The molecule has 0 aliphatic heterocycles. The molecular weight excluding hydrogens is 380 g/mol. The number of nitrogens with one attached hydrogen (secondary N) is 2. The number of sulfone groups is 1. The van der Waals surface area contributed by atoms with E-state index in [0.29, 0.717) is 44.2 Å². The van der Waals surface area contributed by atoms with Crippen LogP contribution in [0.4, 0.5) is 0 Å². The molecule has 2 amide bonds. The Morgan fingerprint density at radius 3 is 2.36 bits per heavy atom. The third-order valence-electron chi connectivity index (χ3n) is 4.71. The van der Waals surface area contributed by atoms with Crippen molar-refractivity contribution in [1.29, 1.82) is 0 Å². The largest absolute Gasteiger partial charge is 0.494 e. The highest BCUT2D eigenvalue weighted by Crippen LogP contribution is 2.17. The lowest BCUT2D eigenvalue weighted by molar-refractivity contribution is -0.122. The molecule has 0 bridgehead atoms. The number of carbonyl (C=O) groups is 2. The predicted octanol–water partition coefficient (Wildman–Crippen LogP) is 2.20. The minimum Gasteiger partial charge on any atom is -0.494 e. The Bertz CT molecular complexity index is 740. The molecule has 0 unspecified atom stereocenters. The summed E-state index contributed by atoms with van der Waals surface area (Å²) in [6, 6.07) is 6.48. The third kappa shape index (κ3) is 8.29. The fourth-order valence-corrected chi connectivity index (χ4v) is 3.79. The maximum Gasteiger partial charge on any atom is 0.221 e. The summed E-state index contributed by atoms with van der Waals surface area (Å²) in [7, 11) is -3.22. The minimum atomic E-state index is -3.22. The molecule has 1 fully saturated rings. The van der Waals surface area contributed by atoms with Gasteiger partial charge >= 0.3 is 0 Å². The molecule has 1 aromatic carbocycles. The van der Waals surface area contributed by atoms with Gasteiger partial charge in [0.2, 0.25) is 11.8 Å². The topological polar surface area (TPSA) is 102 Å². The van der Waals surface area contributed by atoms with Crippen LogP contribution >= 0.6 is 0 Å². The van der Waals surface area contributed by atoms with Gasteiger partial charge in [-0.3, -0.25) is 9.59 Å². The first kappa shape index (κ1) is 22.2. The van der Waals surface area contributed by atoms with Crippen LogP contribution in [0.5, 0.6) is 5.75 Å². The SMILES string of the molecule is CS(=O)(=O)c1ccc(OCCCC(=O)NCCC(=O)NC2CCCCC2)cc1. The Hall–Kier alpha value is -2.09. The van der Waals surface area contributed by atoms with Crippen molar-refractivity contribution in [3.8, 4) is 5.75 Å². The van der Waals surface area contributed by atoms with Gasteiger partial charge in [-0.15, -0.1) is 0 Å². The zero-order chi connectivity index (χ0) is 20.4. The lowest BCUT2D eigenvalue weighted by Gasteiger charge is -2.22. The second kappa shape index (κ2) is 11.0. The Morgan fingerprint density at radius 2 is 1.71 bits per heavy atom. The van der Waals surface area contributed by atoms with Crippen molar-refractivity contribution in [2.24, 2.45) is 0 Å². The van der Waals surface area contributed by atoms with E-state index in [1.54, 1.807) is 12.1 Å². The normalized spacial score (nSPS) is 15.0. The summed E-state index contributed by atoms with van der Waals surface area (Å²) in [6.45, 7) is 0.693.